The zero-order valence-corrected chi connectivity index (χ0v) is 11.7. The number of rotatable bonds is 4. The number of hydrogen-bond donors (Lipinski definition) is 1. The van der Waals surface area contributed by atoms with Crippen molar-refractivity contribution in [1.29, 1.82) is 0 Å². The summed E-state index contributed by atoms with van der Waals surface area (Å²) in [5, 5.41) is 9.70. The van der Waals surface area contributed by atoms with Gasteiger partial charge in [0.05, 0.1) is 7.11 Å². The lowest BCUT2D eigenvalue weighted by molar-refractivity contribution is 0.411. The number of hydrogen-bond acceptors (Lipinski definition) is 2. The van der Waals surface area contributed by atoms with Gasteiger partial charge in [0.2, 0.25) is 0 Å². The van der Waals surface area contributed by atoms with E-state index in [2.05, 4.69) is 24.3 Å². The van der Waals surface area contributed by atoms with Gasteiger partial charge in [0.25, 0.3) is 0 Å². The summed E-state index contributed by atoms with van der Waals surface area (Å²) in [4.78, 5) is 0. The summed E-state index contributed by atoms with van der Waals surface area (Å²) < 4.78 is 5.33. The van der Waals surface area contributed by atoms with E-state index in [0.29, 0.717) is 5.75 Å². The quantitative estimate of drug-likeness (QED) is 0.901. The van der Waals surface area contributed by atoms with Gasteiger partial charge < -0.3 is 9.84 Å². The van der Waals surface area contributed by atoms with E-state index in [1.54, 1.807) is 7.11 Å². The summed E-state index contributed by atoms with van der Waals surface area (Å²) in [5.74, 6) is 1.31. The van der Waals surface area contributed by atoms with Crippen molar-refractivity contribution in [2.75, 3.05) is 7.11 Å². The van der Waals surface area contributed by atoms with Crippen LogP contribution in [-0.4, -0.2) is 12.2 Å². The lowest BCUT2D eigenvalue weighted by Gasteiger charge is -2.08. The van der Waals surface area contributed by atoms with Gasteiger partial charge >= 0.3 is 0 Å². The number of aryl methyl sites for hydroxylation is 4. The predicted molar refractivity (Wildman–Crippen MR) is 78.0 cm³/mol. The van der Waals surface area contributed by atoms with E-state index in [-0.39, 0.29) is 0 Å². The van der Waals surface area contributed by atoms with E-state index < -0.39 is 0 Å². The van der Waals surface area contributed by atoms with Gasteiger partial charge in [-0.05, 0) is 61.1 Å². The number of methoxy groups -OCH3 is 1. The molecule has 2 nitrogen and oxygen atoms in total. The van der Waals surface area contributed by atoms with Gasteiger partial charge in [0.1, 0.15) is 11.5 Å². The standard InChI is InChI=1S/C17H20O2/c1-12-4-6-14(10-16(12)18)8-9-15-7-5-13(2)17(11-15)19-3/h4-7,10-11,18H,8-9H2,1-3H3. The molecule has 0 radical (unpaired) electrons. The molecule has 2 rings (SSSR count). The number of aromatic hydroxyl groups is 1. The van der Waals surface area contributed by atoms with E-state index in [1.807, 2.05) is 26.0 Å². The Morgan fingerprint density at radius 1 is 0.895 bits per heavy atom. The van der Waals surface area contributed by atoms with Gasteiger partial charge in [-0.3, -0.25) is 0 Å². The van der Waals surface area contributed by atoms with Crippen LogP contribution in [0.25, 0.3) is 0 Å². The lowest BCUT2D eigenvalue weighted by Crippen LogP contribution is -1.94. The molecule has 0 fully saturated rings. The second-order valence-electron chi connectivity index (χ2n) is 4.92. The molecule has 2 heteroatoms. The molecule has 0 aliphatic heterocycles. The van der Waals surface area contributed by atoms with E-state index in [1.165, 1.54) is 5.56 Å². The van der Waals surface area contributed by atoms with Crippen LogP contribution in [-0.2, 0) is 12.8 Å². The minimum atomic E-state index is 0.374. The Labute approximate surface area is 114 Å². The van der Waals surface area contributed by atoms with Crippen molar-refractivity contribution in [3.05, 3.63) is 58.7 Å². The van der Waals surface area contributed by atoms with Crippen LogP contribution in [0.5, 0.6) is 11.5 Å². The van der Waals surface area contributed by atoms with Crippen LogP contribution in [0.4, 0.5) is 0 Å². The van der Waals surface area contributed by atoms with Crippen LogP contribution in [0.15, 0.2) is 36.4 Å². The fourth-order valence-electron chi connectivity index (χ4n) is 2.12. The molecule has 19 heavy (non-hydrogen) atoms. The molecule has 0 heterocycles. The number of phenols is 1. The highest BCUT2D eigenvalue weighted by atomic mass is 16.5. The average Bonchev–Trinajstić information content (AvgIpc) is 2.41. The Morgan fingerprint density at radius 3 is 2.05 bits per heavy atom. The third-order valence-corrected chi connectivity index (χ3v) is 3.45. The molecule has 0 aliphatic rings. The van der Waals surface area contributed by atoms with Crippen LogP contribution < -0.4 is 4.74 Å². The van der Waals surface area contributed by atoms with E-state index in [0.717, 1.165) is 35.3 Å². The lowest BCUT2D eigenvalue weighted by atomic mass is 10.0. The maximum absolute atomic E-state index is 9.70. The number of ether oxygens (including phenoxy) is 1. The smallest absolute Gasteiger partial charge is 0.122 e. The highest BCUT2D eigenvalue weighted by Crippen LogP contribution is 2.22. The Bertz CT molecular complexity index is 573. The van der Waals surface area contributed by atoms with Gasteiger partial charge in [-0.1, -0.05) is 24.3 Å². The molecule has 0 bridgehead atoms. The second-order valence-corrected chi connectivity index (χ2v) is 4.92. The largest absolute Gasteiger partial charge is 0.508 e. The Kier molecular flexibility index (Phi) is 4.10. The van der Waals surface area contributed by atoms with Gasteiger partial charge in [-0.2, -0.15) is 0 Å². The first-order chi connectivity index (χ1) is 9.10. The zero-order chi connectivity index (χ0) is 13.8. The van der Waals surface area contributed by atoms with Crippen molar-refractivity contribution < 1.29 is 9.84 Å². The maximum Gasteiger partial charge on any atom is 0.122 e. The molecule has 100 valence electrons. The molecular formula is C17H20O2. The maximum atomic E-state index is 9.70. The van der Waals surface area contributed by atoms with Crippen molar-refractivity contribution in [3.8, 4) is 11.5 Å². The van der Waals surface area contributed by atoms with Gasteiger partial charge in [0, 0.05) is 0 Å². The molecule has 0 aliphatic carbocycles. The minimum Gasteiger partial charge on any atom is -0.508 e. The second kappa shape index (κ2) is 5.79. The highest BCUT2D eigenvalue weighted by molar-refractivity contribution is 5.38. The molecular weight excluding hydrogens is 236 g/mol. The van der Waals surface area contributed by atoms with E-state index in [4.69, 9.17) is 4.74 Å². The molecule has 0 amide bonds. The van der Waals surface area contributed by atoms with Gasteiger partial charge in [-0.25, -0.2) is 0 Å². The Hall–Kier alpha value is -1.96. The SMILES string of the molecule is COc1cc(CCc2ccc(C)c(O)c2)ccc1C. The van der Waals surface area contributed by atoms with Gasteiger partial charge in [0.15, 0.2) is 0 Å². The number of benzene rings is 2. The summed E-state index contributed by atoms with van der Waals surface area (Å²) >= 11 is 0. The van der Waals surface area contributed by atoms with E-state index >= 15 is 0 Å². The molecule has 0 saturated heterocycles. The normalized spacial score (nSPS) is 10.5. The van der Waals surface area contributed by atoms with Crippen LogP contribution in [0, 0.1) is 13.8 Å². The summed E-state index contributed by atoms with van der Waals surface area (Å²) in [6, 6.07) is 12.2. The van der Waals surface area contributed by atoms with Crippen LogP contribution >= 0.6 is 0 Å². The fraction of sp³-hybridized carbons (Fsp3) is 0.294. The molecule has 0 saturated carbocycles. The summed E-state index contributed by atoms with van der Waals surface area (Å²) in [7, 11) is 1.70. The molecule has 0 atom stereocenters. The molecule has 0 spiro atoms. The van der Waals surface area contributed by atoms with Crippen LogP contribution in [0.1, 0.15) is 22.3 Å². The van der Waals surface area contributed by atoms with Crippen molar-refractivity contribution >= 4 is 0 Å². The number of phenolic OH excluding ortho intramolecular Hbond substituents is 1. The molecule has 2 aromatic carbocycles. The van der Waals surface area contributed by atoms with Crippen molar-refractivity contribution in [3.63, 3.8) is 0 Å². The topological polar surface area (TPSA) is 29.5 Å². The molecule has 2 aromatic rings. The molecule has 0 unspecified atom stereocenters. The molecule has 0 aromatic heterocycles. The average molecular weight is 256 g/mol. The van der Waals surface area contributed by atoms with Crippen LogP contribution in [0.2, 0.25) is 0 Å². The first kappa shape index (κ1) is 13.5. The highest BCUT2D eigenvalue weighted by Gasteiger charge is 2.03. The van der Waals surface area contributed by atoms with Crippen molar-refractivity contribution in [2.45, 2.75) is 26.7 Å². The predicted octanol–water partition coefficient (Wildman–Crippen LogP) is 3.80. The summed E-state index contributed by atoms with van der Waals surface area (Å²) in [6.07, 6.45) is 1.86. The minimum absolute atomic E-state index is 0.374. The molecule has 1 N–H and O–H groups in total. The first-order valence-electron chi connectivity index (χ1n) is 6.52. The Balaban J connectivity index is 2.07. The van der Waals surface area contributed by atoms with Gasteiger partial charge in [-0.15, -0.1) is 0 Å². The third kappa shape index (κ3) is 3.28. The summed E-state index contributed by atoms with van der Waals surface area (Å²) in [5.41, 5.74) is 4.48. The van der Waals surface area contributed by atoms with E-state index in [9.17, 15) is 5.11 Å². The van der Waals surface area contributed by atoms with Crippen LogP contribution in [0.3, 0.4) is 0 Å². The fourth-order valence-corrected chi connectivity index (χ4v) is 2.12. The zero-order valence-electron chi connectivity index (χ0n) is 11.7. The van der Waals surface area contributed by atoms with Crippen molar-refractivity contribution in [1.82, 2.24) is 0 Å². The first-order valence-corrected chi connectivity index (χ1v) is 6.52. The third-order valence-electron chi connectivity index (χ3n) is 3.45. The van der Waals surface area contributed by atoms with Crippen molar-refractivity contribution in [2.24, 2.45) is 0 Å². The summed E-state index contributed by atoms with van der Waals surface area (Å²) in [6.45, 7) is 3.95. The Morgan fingerprint density at radius 2 is 1.47 bits per heavy atom. The monoisotopic (exact) mass is 256 g/mol.